The van der Waals surface area contributed by atoms with E-state index in [-0.39, 0.29) is 16.2 Å². The normalized spacial score (nSPS) is 12.8. The first kappa shape index (κ1) is 31.2. The summed E-state index contributed by atoms with van der Waals surface area (Å²) >= 11 is 1.73. The Morgan fingerprint density at radius 3 is 2.06 bits per heavy atom. The third kappa shape index (κ3) is 5.96. The second-order valence-electron chi connectivity index (χ2n) is 16.0. The standard InChI is InChI=1S/C43H44N2OS/c1-41(2,3)29-13-14-37-35(23-29)36-25-31(43(7,8)9)24-34(39(36)45-37)27-11-10-12-32(20-27)46-33-21-28(19-30(22-33)42(4,5)6)38-40-26(15-17-44-38)16-18-47-40/h10-25,45H,1-9H3. The fraction of sp³-hybridized carbons (Fsp3) is 0.279. The van der Waals surface area contributed by atoms with Crippen LogP contribution in [-0.4, -0.2) is 9.97 Å². The van der Waals surface area contributed by atoms with E-state index in [0.29, 0.717) is 0 Å². The van der Waals surface area contributed by atoms with Crippen molar-refractivity contribution in [3.8, 4) is 33.9 Å². The highest BCUT2D eigenvalue weighted by Gasteiger charge is 2.22. The molecule has 47 heavy (non-hydrogen) atoms. The first-order valence-electron chi connectivity index (χ1n) is 16.5. The lowest BCUT2D eigenvalue weighted by Crippen LogP contribution is -2.11. The Labute approximate surface area is 282 Å². The van der Waals surface area contributed by atoms with E-state index in [4.69, 9.17) is 9.72 Å². The summed E-state index contributed by atoms with van der Waals surface area (Å²) < 4.78 is 7.92. The van der Waals surface area contributed by atoms with Gasteiger partial charge in [0.1, 0.15) is 11.5 Å². The average molecular weight is 637 g/mol. The Bertz CT molecular complexity index is 2280. The second-order valence-corrected chi connectivity index (χ2v) is 16.9. The maximum atomic E-state index is 6.72. The summed E-state index contributed by atoms with van der Waals surface area (Å²) in [5.41, 5.74) is 10.6. The number of thiophene rings is 1. The number of H-pyrrole nitrogens is 1. The van der Waals surface area contributed by atoms with Gasteiger partial charge in [-0.2, -0.15) is 0 Å². The van der Waals surface area contributed by atoms with Crippen LogP contribution in [0.3, 0.4) is 0 Å². The summed E-state index contributed by atoms with van der Waals surface area (Å²) in [7, 11) is 0. The van der Waals surface area contributed by atoms with E-state index in [1.807, 2.05) is 6.20 Å². The van der Waals surface area contributed by atoms with Gasteiger partial charge in [-0.15, -0.1) is 11.3 Å². The third-order valence-corrected chi connectivity index (χ3v) is 10.2. The molecule has 7 rings (SSSR count). The molecule has 4 aromatic carbocycles. The number of hydrogen-bond acceptors (Lipinski definition) is 3. The van der Waals surface area contributed by atoms with Crippen LogP contribution in [0.2, 0.25) is 0 Å². The first-order chi connectivity index (χ1) is 22.1. The number of aromatic nitrogens is 2. The molecular weight excluding hydrogens is 593 g/mol. The Hall–Kier alpha value is -4.41. The lowest BCUT2D eigenvalue weighted by atomic mass is 9.83. The minimum Gasteiger partial charge on any atom is -0.457 e. The van der Waals surface area contributed by atoms with Crippen LogP contribution in [0, 0.1) is 0 Å². The average Bonchev–Trinajstić information content (AvgIpc) is 3.64. The summed E-state index contributed by atoms with van der Waals surface area (Å²) in [4.78, 5) is 8.61. The molecule has 0 fully saturated rings. The van der Waals surface area contributed by atoms with Crippen LogP contribution >= 0.6 is 11.3 Å². The van der Waals surface area contributed by atoms with Gasteiger partial charge in [0.05, 0.1) is 15.9 Å². The van der Waals surface area contributed by atoms with E-state index >= 15 is 0 Å². The Kier molecular flexibility index (Phi) is 7.37. The van der Waals surface area contributed by atoms with Gasteiger partial charge >= 0.3 is 0 Å². The third-order valence-electron chi connectivity index (χ3n) is 9.24. The zero-order valence-corrected chi connectivity index (χ0v) is 29.8. The maximum absolute atomic E-state index is 6.72. The molecule has 3 aromatic heterocycles. The van der Waals surface area contributed by atoms with Gasteiger partial charge in [-0.3, -0.25) is 4.98 Å². The highest BCUT2D eigenvalue weighted by atomic mass is 32.1. The molecule has 4 heteroatoms. The summed E-state index contributed by atoms with van der Waals surface area (Å²) in [6, 6.07) is 30.9. The van der Waals surface area contributed by atoms with Crippen molar-refractivity contribution in [1.29, 1.82) is 0 Å². The van der Waals surface area contributed by atoms with Gasteiger partial charge in [0, 0.05) is 33.6 Å². The fourth-order valence-electron chi connectivity index (χ4n) is 6.32. The Balaban J connectivity index is 1.35. The topological polar surface area (TPSA) is 37.9 Å². The highest BCUT2D eigenvalue weighted by Crippen LogP contribution is 2.41. The molecular formula is C43H44N2OS. The van der Waals surface area contributed by atoms with Crippen molar-refractivity contribution in [1.82, 2.24) is 9.97 Å². The van der Waals surface area contributed by atoms with Gasteiger partial charge < -0.3 is 9.72 Å². The summed E-state index contributed by atoms with van der Waals surface area (Å²) in [6.45, 7) is 20.4. The molecule has 1 N–H and O–H groups in total. The number of aromatic amines is 1. The molecule has 0 aliphatic rings. The van der Waals surface area contributed by atoms with Crippen LogP contribution in [0.4, 0.5) is 0 Å². The molecule has 0 aliphatic heterocycles. The number of nitrogens with one attached hydrogen (secondary N) is 1. The van der Waals surface area contributed by atoms with E-state index in [0.717, 1.165) is 39.4 Å². The van der Waals surface area contributed by atoms with Gasteiger partial charge in [0.2, 0.25) is 0 Å². The second kappa shape index (κ2) is 11.1. The number of ether oxygens (including phenoxy) is 1. The van der Waals surface area contributed by atoms with E-state index in [9.17, 15) is 0 Å². The van der Waals surface area contributed by atoms with Crippen molar-refractivity contribution in [2.24, 2.45) is 0 Å². The predicted molar refractivity (Wildman–Crippen MR) is 202 cm³/mol. The Morgan fingerprint density at radius 1 is 0.617 bits per heavy atom. The van der Waals surface area contributed by atoms with Crippen molar-refractivity contribution >= 4 is 43.2 Å². The molecule has 0 spiro atoms. The van der Waals surface area contributed by atoms with Gasteiger partial charge in [-0.25, -0.2) is 0 Å². The molecule has 0 amide bonds. The molecule has 0 saturated carbocycles. The largest absolute Gasteiger partial charge is 0.457 e. The summed E-state index contributed by atoms with van der Waals surface area (Å²) in [6.07, 6.45) is 1.90. The van der Waals surface area contributed by atoms with Crippen molar-refractivity contribution in [2.45, 2.75) is 78.6 Å². The Morgan fingerprint density at radius 2 is 1.32 bits per heavy atom. The molecule has 0 bridgehead atoms. The molecule has 238 valence electrons. The molecule has 0 aliphatic carbocycles. The first-order valence-corrected chi connectivity index (χ1v) is 17.4. The number of nitrogens with zero attached hydrogens (tertiary/aromatic N) is 1. The molecule has 7 aromatic rings. The fourth-order valence-corrected chi connectivity index (χ4v) is 7.22. The van der Waals surface area contributed by atoms with Gasteiger partial charge in [-0.05, 0) is 116 Å². The highest BCUT2D eigenvalue weighted by molar-refractivity contribution is 7.17. The van der Waals surface area contributed by atoms with Crippen LogP contribution in [0.5, 0.6) is 11.5 Å². The minimum absolute atomic E-state index is 0.00840. The van der Waals surface area contributed by atoms with E-state index in [2.05, 4.69) is 158 Å². The number of pyridine rings is 1. The molecule has 3 nitrogen and oxygen atoms in total. The number of fused-ring (bicyclic) bond motifs is 4. The van der Waals surface area contributed by atoms with Crippen molar-refractivity contribution in [2.75, 3.05) is 0 Å². The maximum Gasteiger partial charge on any atom is 0.128 e. The number of benzene rings is 4. The van der Waals surface area contributed by atoms with Crippen molar-refractivity contribution in [3.05, 3.63) is 113 Å². The zero-order valence-electron chi connectivity index (χ0n) is 29.0. The smallest absolute Gasteiger partial charge is 0.128 e. The predicted octanol–water partition coefficient (Wildman–Crippen LogP) is 12.9. The number of hydrogen-bond donors (Lipinski definition) is 1. The van der Waals surface area contributed by atoms with E-state index in [1.165, 1.54) is 43.1 Å². The number of rotatable bonds is 4. The summed E-state index contributed by atoms with van der Waals surface area (Å²) in [5.74, 6) is 1.62. The molecule has 0 saturated heterocycles. The SMILES string of the molecule is CC(C)(C)c1cc(Oc2cccc(-c3cc(C(C)(C)C)cc4c3[nH]c3ccc(C(C)(C)C)cc34)c2)cc(-c2nccc3ccsc23)c1. The molecule has 0 atom stereocenters. The van der Waals surface area contributed by atoms with E-state index in [1.54, 1.807) is 11.3 Å². The molecule has 0 radical (unpaired) electrons. The lowest BCUT2D eigenvalue weighted by molar-refractivity contribution is 0.479. The van der Waals surface area contributed by atoms with Crippen LogP contribution < -0.4 is 4.74 Å². The van der Waals surface area contributed by atoms with Crippen LogP contribution in [0.25, 0.3) is 54.3 Å². The lowest BCUT2D eigenvalue weighted by Gasteiger charge is -2.22. The monoisotopic (exact) mass is 636 g/mol. The minimum atomic E-state index is -0.0548. The van der Waals surface area contributed by atoms with Crippen LogP contribution in [0.15, 0.2) is 96.5 Å². The summed E-state index contributed by atoms with van der Waals surface area (Å²) in [5, 5.41) is 5.88. The zero-order chi connectivity index (χ0) is 33.3. The van der Waals surface area contributed by atoms with Gasteiger partial charge in [-0.1, -0.05) is 80.5 Å². The van der Waals surface area contributed by atoms with Crippen molar-refractivity contribution in [3.63, 3.8) is 0 Å². The molecule has 3 heterocycles. The van der Waals surface area contributed by atoms with Crippen LogP contribution in [-0.2, 0) is 16.2 Å². The van der Waals surface area contributed by atoms with E-state index < -0.39 is 0 Å². The van der Waals surface area contributed by atoms with Crippen molar-refractivity contribution < 1.29 is 4.74 Å². The quantitative estimate of drug-likeness (QED) is 0.209. The van der Waals surface area contributed by atoms with Gasteiger partial charge in [0.15, 0.2) is 0 Å². The molecule has 0 unspecified atom stereocenters. The van der Waals surface area contributed by atoms with Crippen LogP contribution in [0.1, 0.15) is 79.0 Å². The van der Waals surface area contributed by atoms with Gasteiger partial charge in [0.25, 0.3) is 0 Å².